The van der Waals surface area contributed by atoms with E-state index in [0.717, 1.165) is 22.6 Å². The van der Waals surface area contributed by atoms with Crippen LogP contribution in [0.25, 0.3) is 0 Å². The first kappa shape index (κ1) is 19.8. The molecule has 4 heteroatoms. The van der Waals surface area contributed by atoms with Crippen molar-refractivity contribution >= 4 is 5.91 Å². The fraction of sp³-hybridized carbons (Fsp3) is 0.409. The van der Waals surface area contributed by atoms with E-state index in [-0.39, 0.29) is 17.9 Å². The molecule has 0 aromatic heterocycles. The molecule has 0 saturated heterocycles. The molecule has 1 atom stereocenters. The van der Waals surface area contributed by atoms with Crippen molar-refractivity contribution in [2.75, 3.05) is 6.54 Å². The van der Waals surface area contributed by atoms with Gasteiger partial charge in [0.15, 0.2) is 0 Å². The van der Waals surface area contributed by atoms with Crippen molar-refractivity contribution in [3.63, 3.8) is 0 Å². The highest BCUT2D eigenvalue weighted by atomic mass is 16.5. The van der Waals surface area contributed by atoms with Crippen LogP contribution in [-0.2, 0) is 11.4 Å². The summed E-state index contributed by atoms with van der Waals surface area (Å²) in [5.41, 5.74) is 2.12. The van der Waals surface area contributed by atoms with E-state index in [1.807, 2.05) is 76.2 Å². The zero-order valence-electron chi connectivity index (χ0n) is 16.1. The van der Waals surface area contributed by atoms with Crippen molar-refractivity contribution in [1.29, 1.82) is 0 Å². The predicted octanol–water partition coefficient (Wildman–Crippen LogP) is 4.68. The fourth-order valence-corrected chi connectivity index (χ4v) is 2.78. The van der Waals surface area contributed by atoms with E-state index < -0.39 is 0 Å². The second-order valence-corrected chi connectivity index (χ2v) is 6.70. The van der Waals surface area contributed by atoms with Crippen LogP contribution in [0.2, 0.25) is 0 Å². The molecule has 0 aliphatic rings. The van der Waals surface area contributed by atoms with Crippen molar-refractivity contribution < 1.29 is 14.3 Å². The van der Waals surface area contributed by atoms with Gasteiger partial charge in [-0.05, 0) is 43.9 Å². The lowest BCUT2D eigenvalue weighted by molar-refractivity contribution is -0.121. The Morgan fingerprint density at radius 2 is 1.81 bits per heavy atom. The second kappa shape index (κ2) is 9.85. The summed E-state index contributed by atoms with van der Waals surface area (Å²) >= 11 is 0. The number of benzene rings is 2. The van der Waals surface area contributed by atoms with Crippen molar-refractivity contribution in [3.05, 3.63) is 59.7 Å². The van der Waals surface area contributed by atoms with Gasteiger partial charge in [-0.15, -0.1) is 0 Å². The van der Waals surface area contributed by atoms with Crippen molar-refractivity contribution in [3.8, 4) is 11.5 Å². The van der Waals surface area contributed by atoms with Gasteiger partial charge >= 0.3 is 0 Å². The molecule has 0 bridgehead atoms. The molecule has 1 N–H and O–H groups in total. The number of hydrogen-bond donors (Lipinski definition) is 1. The highest BCUT2D eigenvalue weighted by Gasteiger charge is 2.17. The fourth-order valence-electron chi connectivity index (χ4n) is 2.78. The maximum atomic E-state index is 12.0. The third-order valence-corrected chi connectivity index (χ3v) is 3.99. The third-order valence-electron chi connectivity index (χ3n) is 3.99. The van der Waals surface area contributed by atoms with Gasteiger partial charge in [-0.25, -0.2) is 0 Å². The highest BCUT2D eigenvalue weighted by molar-refractivity contribution is 5.76. The molecule has 4 nitrogen and oxygen atoms in total. The van der Waals surface area contributed by atoms with E-state index in [1.54, 1.807) is 0 Å². The smallest absolute Gasteiger partial charge is 0.220 e. The van der Waals surface area contributed by atoms with Crippen molar-refractivity contribution in [2.45, 2.75) is 52.7 Å². The van der Waals surface area contributed by atoms with Gasteiger partial charge in [0.2, 0.25) is 5.91 Å². The van der Waals surface area contributed by atoms with Gasteiger partial charge in [0.1, 0.15) is 18.1 Å². The lowest BCUT2D eigenvalue weighted by Crippen LogP contribution is -2.24. The van der Waals surface area contributed by atoms with Crippen LogP contribution in [0.4, 0.5) is 0 Å². The minimum atomic E-state index is 0.0523. The Morgan fingerprint density at radius 3 is 2.46 bits per heavy atom. The minimum absolute atomic E-state index is 0.0523. The summed E-state index contributed by atoms with van der Waals surface area (Å²) in [6.45, 7) is 9.08. The van der Waals surface area contributed by atoms with Crippen LogP contribution >= 0.6 is 0 Å². The summed E-state index contributed by atoms with van der Waals surface area (Å²) in [4.78, 5) is 12.0. The van der Waals surface area contributed by atoms with E-state index in [9.17, 15) is 4.79 Å². The van der Waals surface area contributed by atoms with Crippen LogP contribution < -0.4 is 14.8 Å². The molecule has 2 aromatic rings. The summed E-state index contributed by atoms with van der Waals surface area (Å²) < 4.78 is 11.9. The maximum Gasteiger partial charge on any atom is 0.220 e. The second-order valence-electron chi connectivity index (χ2n) is 6.70. The molecule has 0 aliphatic heterocycles. The molecule has 1 amide bonds. The lowest BCUT2D eigenvalue weighted by Gasteiger charge is -2.19. The van der Waals surface area contributed by atoms with E-state index in [4.69, 9.17) is 9.47 Å². The number of ether oxygens (including phenoxy) is 2. The van der Waals surface area contributed by atoms with E-state index >= 15 is 0 Å². The van der Waals surface area contributed by atoms with Gasteiger partial charge in [0.05, 0.1) is 6.10 Å². The molecule has 0 fully saturated rings. The van der Waals surface area contributed by atoms with Crippen LogP contribution in [0.1, 0.15) is 51.2 Å². The van der Waals surface area contributed by atoms with E-state index in [2.05, 4.69) is 5.32 Å². The third kappa shape index (κ3) is 6.10. The molecule has 0 radical (unpaired) electrons. The van der Waals surface area contributed by atoms with Gasteiger partial charge in [-0.2, -0.15) is 0 Å². The Hall–Kier alpha value is -2.49. The molecule has 1 unspecified atom stereocenters. The standard InChI is InChI=1S/C22H29NO3/c1-5-23-22(24)13-17(4)20-12-11-19(26-16(2)3)14-21(20)25-15-18-9-7-6-8-10-18/h6-12,14,16-17H,5,13,15H2,1-4H3,(H,23,24). The van der Waals surface area contributed by atoms with Gasteiger partial charge in [0.25, 0.3) is 0 Å². The van der Waals surface area contributed by atoms with Crippen molar-refractivity contribution in [2.24, 2.45) is 0 Å². The van der Waals surface area contributed by atoms with Crippen molar-refractivity contribution in [1.82, 2.24) is 5.32 Å². The Balaban J connectivity index is 2.20. The average Bonchev–Trinajstić information content (AvgIpc) is 2.60. The zero-order chi connectivity index (χ0) is 18.9. The molecule has 0 heterocycles. The molecular weight excluding hydrogens is 326 g/mol. The van der Waals surface area contributed by atoms with Gasteiger partial charge in [-0.1, -0.05) is 43.3 Å². The Bertz CT molecular complexity index is 698. The molecule has 140 valence electrons. The molecule has 2 rings (SSSR count). The van der Waals surface area contributed by atoms with Crippen LogP contribution in [0.5, 0.6) is 11.5 Å². The largest absolute Gasteiger partial charge is 0.491 e. The van der Waals surface area contributed by atoms with E-state index in [0.29, 0.717) is 19.6 Å². The molecule has 26 heavy (non-hydrogen) atoms. The number of amides is 1. The Labute approximate surface area is 156 Å². The summed E-state index contributed by atoms with van der Waals surface area (Å²) in [5.74, 6) is 1.65. The molecule has 0 saturated carbocycles. The summed E-state index contributed by atoms with van der Waals surface area (Å²) in [6.07, 6.45) is 0.524. The number of carbonyl (C=O) groups excluding carboxylic acids is 1. The quantitative estimate of drug-likeness (QED) is 0.710. The maximum absolute atomic E-state index is 12.0. The summed E-state index contributed by atoms with van der Waals surface area (Å²) in [6, 6.07) is 15.9. The Morgan fingerprint density at radius 1 is 1.08 bits per heavy atom. The number of nitrogens with one attached hydrogen (secondary N) is 1. The van der Waals surface area contributed by atoms with Crippen LogP contribution in [0.15, 0.2) is 48.5 Å². The van der Waals surface area contributed by atoms with Crippen LogP contribution in [-0.4, -0.2) is 18.6 Å². The first-order chi connectivity index (χ1) is 12.5. The Kier molecular flexibility index (Phi) is 7.52. The monoisotopic (exact) mass is 355 g/mol. The first-order valence-electron chi connectivity index (χ1n) is 9.23. The normalized spacial score (nSPS) is 11.9. The molecule has 2 aromatic carbocycles. The SMILES string of the molecule is CCNC(=O)CC(C)c1ccc(OC(C)C)cc1OCc1ccccc1. The van der Waals surface area contributed by atoms with Crippen LogP contribution in [0, 0.1) is 0 Å². The average molecular weight is 355 g/mol. The number of carbonyl (C=O) groups is 1. The lowest BCUT2D eigenvalue weighted by atomic mass is 9.96. The van der Waals surface area contributed by atoms with Crippen LogP contribution in [0.3, 0.4) is 0 Å². The summed E-state index contributed by atoms with van der Waals surface area (Å²) in [5, 5.41) is 2.86. The summed E-state index contributed by atoms with van der Waals surface area (Å²) in [7, 11) is 0. The molecule has 0 spiro atoms. The van der Waals surface area contributed by atoms with Gasteiger partial charge in [-0.3, -0.25) is 4.79 Å². The molecular formula is C22H29NO3. The number of rotatable bonds is 9. The first-order valence-corrected chi connectivity index (χ1v) is 9.23. The van der Waals surface area contributed by atoms with Gasteiger partial charge < -0.3 is 14.8 Å². The highest BCUT2D eigenvalue weighted by Crippen LogP contribution is 2.33. The topological polar surface area (TPSA) is 47.6 Å². The van der Waals surface area contributed by atoms with Gasteiger partial charge in [0, 0.05) is 19.0 Å². The predicted molar refractivity (Wildman–Crippen MR) is 105 cm³/mol. The zero-order valence-corrected chi connectivity index (χ0v) is 16.1. The van der Waals surface area contributed by atoms with E-state index in [1.165, 1.54) is 0 Å². The molecule has 0 aliphatic carbocycles. The minimum Gasteiger partial charge on any atom is -0.491 e. The number of hydrogen-bond acceptors (Lipinski definition) is 3.